The molecular formula is C17H17N3O3. The molecule has 118 valence electrons. The Morgan fingerprint density at radius 1 is 1.17 bits per heavy atom. The van der Waals surface area contributed by atoms with Crippen molar-refractivity contribution in [1.29, 1.82) is 5.41 Å². The lowest BCUT2D eigenvalue weighted by Gasteiger charge is -2.06. The molecule has 6 nitrogen and oxygen atoms in total. The molecule has 2 aromatic carbocycles. The van der Waals surface area contributed by atoms with Gasteiger partial charge in [-0.05, 0) is 42.5 Å². The summed E-state index contributed by atoms with van der Waals surface area (Å²) in [6, 6.07) is 12.3. The Hall–Kier alpha value is -2.86. The van der Waals surface area contributed by atoms with Crippen molar-refractivity contribution in [1.82, 2.24) is 9.97 Å². The third-order valence-electron chi connectivity index (χ3n) is 3.42. The third kappa shape index (κ3) is 3.32. The summed E-state index contributed by atoms with van der Waals surface area (Å²) >= 11 is 0. The molecule has 3 rings (SSSR count). The SMILES string of the molecule is COCCOC(=N)c1ccc2nc(-c3ccc(O)cc3)[nH]c2c1. The van der Waals surface area contributed by atoms with Crippen molar-refractivity contribution >= 4 is 16.9 Å². The van der Waals surface area contributed by atoms with E-state index in [1.807, 2.05) is 12.1 Å². The van der Waals surface area contributed by atoms with Crippen molar-refractivity contribution in [3.63, 3.8) is 0 Å². The molecule has 0 aliphatic carbocycles. The molecule has 1 heterocycles. The molecule has 3 aromatic rings. The van der Waals surface area contributed by atoms with Gasteiger partial charge in [-0.3, -0.25) is 5.41 Å². The Bertz CT molecular complexity index is 825. The number of nitrogens with zero attached hydrogens (tertiary/aromatic N) is 1. The van der Waals surface area contributed by atoms with Gasteiger partial charge in [-0.15, -0.1) is 0 Å². The highest BCUT2D eigenvalue weighted by Crippen LogP contribution is 2.23. The van der Waals surface area contributed by atoms with E-state index >= 15 is 0 Å². The smallest absolute Gasteiger partial charge is 0.213 e. The van der Waals surface area contributed by atoms with Crippen LogP contribution in [0.1, 0.15) is 5.56 Å². The number of ether oxygens (including phenoxy) is 2. The van der Waals surface area contributed by atoms with Gasteiger partial charge in [-0.1, -0.05) is 0 Å². The first-order valence-corrected chi connectivity index (χ1v) is 7.17. The van der Waals surface area contributed by atoms with E-state index in [1.54, 1.807) is 37.4 Å². The van der Waals surface area contributed by atoms with Crippen LogP contribution < -0.4 is 0 Å². The van der Waals surface area contributed by atoms with Gasteiger partial charge in [0, 0.05) is 18.2 Å². The number of methoxy groups -OCH3 is 1. The minimum atomic E-state index is 0.102. The first-order valence-electron chi connectivity index (χ1n) is 7.17. The number of benzene rings is 2. The molecule has 0 amide bonds. The van der Waals surface area contributed by atoms with Crippen LogP contribution in [0.3, 0.4) is 0 Å². The second-order valence-corrected chi connectivity index (χ2v) is 5.03. The predicted molar refractivity (Wildman–Crippen MR) is 87.9 cm³/mol. The highest BCUT2D eigenvalue weighted by Gasteiger charge is 2.09. The Kier molecular flexibility index (Phi) is 4.25. The number of aromatic amines is 1. The lowest BCUT2D eigenvalue weighted by molar-refractivity contribution is 0.141. The van der Waals surface area contributed by atoms with Gasteiger partial charge in [0.1, 0.15) is 18.2 Å². The Labute approximate surface area is 133 Å². The number of hydrogen-bond acceptors (Lipinski definition) is 5. The van der Waals surface area contributed by atoms with Gasteiger partial charge in [-0.2, -0.15) is 0 Å². The fourth-order valence-corrected chi connectivity index (χ4v) is 2.22. The minimum absolute atomic E-state index is 0.102. The van der Waals surface area contributed by atoms with E-state index in [2.05, 4.69) is 9.97 Å². The number of aromatic hydroxyl groups is 1. The van der Waals surface area contributed by atoms with Crippen LogP contribution in [0, 0.1) is 5.41 Å². The van der Waals surface area contributed by atoms with Crippen LogP contribution in [0.25, 0.3) is 22.4 Å². The fourth-order valence-electron chi connectivity index (χ4n) is 2.22. The van der Waals surface area contributed by atoms with Crippen molar-refractivity contribution < 1.29 is 14.6 Å². The molecule has 0 unspecified atom stereocenters. The molecule has 0 radical (unpaired) electrons. The largest absolute Gasteiger partial charge is 0.508 e. The average molecular weight is 311 g/mol. The summed E-state index contributed by atoms with van der Waals surface area (Å²) in [6.45, 7) is 0.786. The van der Waals surface area contributed by atoms with Crippen molar-refractivity contribution in [2.24, 2.45) is 0 Å². The summed E-state index contributed by atoms with van der Waals surface area (Å²) in [5, 5.41) is 17.3. The van der Waals surface area contributed by atoms with E-state index in [1.165, 1.54) is 0 Å². The van der Waals surface area contributed by atoms with Gasteiger partial charge >= 0.3 is 0 Å². The van der Waals surface area contributed by atoms with E-state index in [0.29, 0.717) is 24.6 Å². The monoisotopic (exact) mass is 311 g/mol. The summed E-state index contributed by atoms with van der Waals surface area (Å²) in [5.74, 6) is 1.03. The Balaban J connectivity index is 1.86. The van der Waals surface area contributed by atoms with Crippen LogP contribution in [-0.4, -0.2) is 41.3 Å². The van der Waals surface area contributed by atoms with Crippen LogP contribution >= 0.6 is 0 Å². The molecule has 3 N–H and O–H groups in total. The molecule has 1 aromatic heterocycles. The Morgan fingerprint density at radius 3 is 2.70 bits per heavy atom. The third-order valence-corrected chi connectivity index (χ3v) is 3.42. The maximum Gasteiger partial charge on any atom is 0.213 e. The number of aromatic nitrogens is 2. The number of phenols is 1. The zero-order valence-electron chi connectivity index (χ0n) is 12.7. The number of H-pyrrole nitrogens is 1. The van der Waals surface area contributed by atoms with Crippen molar-refractivity contribution in [3.8, 4) is 17.1 Å². The number of nitrogens with one attached hydrogen (secondary N) is 2. The van der Waals surface area contributed by atoms with Gasteiger partial charge in [0.05, 0.1) is 17.6 Å². The zero-order chi connectivity index (χ0) is 16.2. The molecule has 0 saturated heterocycles. The highest BCUT2D eigenvalue weighted by molar-refractivity contribution is 5.95. The lowest BCUT2D eigenvalue weighted by Crippen LogP contribution is -2.09. The molecule has 23 heavy (non-hydrogen) atoms. The van der Waals surface area contributed by atoms with E-state index in [4.69, 9.17) is 14.9 Å². The summed E-state index contributed by atoms with van der Waals surface area (Å²) in [6.07, 6.45) is 0. The van der Waals surface area contributed by atoms with Gasteiger partial charge in [0.25, 0.3) is 0 Å². The molecule has 0 bridgehead atoms. The molecule has 0 atom stereocenters. The highest BCUT2D eigenvalue weighted by atomic mass is 16.5. The second kappa shape index (κ2) is 6.50. The van der Waals surface area contributed by atoms with Crippen molar-refractivity contribution in [3.05, 3.63) is 48.0 Å². The van der Waals surface area contributed by atoms with Gasteiger partial charge in [-0.25, -0.2) is 4.98 Å². The summed E-state index contributed by atoms with van der Waals surface area (Å²) in [7, 11) is 1.59. The van der Waals surface area contributed by atoms with Crippen LogP contribution in [0.15, 0.2) is 42.5 Å². The van der Waals surface area contributed by atoms with Crippen LogP contribution in [0.2, 0.25) is 0 Å². The van der Waals surface area contributed by atoms with E-state index in [9.17, 15) is 5.11 Å². The van der Waals surface area contributed by atoms with E-state index in [-0.39, 0.29) is 11.6 Å². The fraction of sp³-hybridized carbons (Fsp3) is 0.176. The average Bonchev–Trinajstić information content (AvgIpc) is 2.98. The maximum absolute atomic E-state index is 9.35. The Morgan fingerprint density at radius 2 is 1.96 bits per heavy atom. The number of phenolic OH excluding ortho intramolecular Hbond substituents is 1. The maximum atomic E-state index is 9.35. The molecule has 0 spiro atoms. The molecule has 0 fully saturated rings. The first-order chi connectivity index (χ1) is 11.2. The molecule has 6 heteroatoms. The summed E-state index contributed by atoms with van der Waals surface area (Å²) in [4.78, 5) is 7.74. The topological polar surface area (TPSA) is 91.2 Å². The van der Waals surface area contributed by atoms with Gasteiger partial charge in [0.2, 0.25) is 5.90 Å². The van der Waals surface area contributed by atoms with E-state index in [0.717, 1.165) is 16.6 Å². The van der Waals surface area contributed by atoms with E-state index < -0.39 is 0 Å². The van der Waals surface area contributed by atoms with Gasteiger partial charge in [0.15, 0.2) is 0 Å². The van der Waals surface area contributed by atoms with Crippen LogP contribution in [0.5, 0.6) is 5.75 Å². The molecule has 0 aliphatic rings. The normalized spacial score (nSPS) is 10.8. The van der Waals surface area contributed by atoms with Crippen LogP contribution in [0.4, 0.5) is 0 Å². The first kappa shape index (κ1) is 15.1. The van der Waals surface area contributed by atoms with Gasteiger partial charge < -0.3 is 19.6 Å². The minimum Gasteiger partial charge on any atom is -0.508 e. The summed E-state index contributed by atoms with van der Waals surface area (Å²) in [5.41, 5.74) is 3.19. The molecule has 0 saturated carbocycles. The number of hydrogen-bond donors (Lipinski definition) is 3. The van der Waals surface area contributed by atoms with Crippen molar-refractivity contribution in [2.45, 2.75) is 0 Å². The predicted octanol–water partition coefficient (Wildman–Crippen LogP) is 2.92. The quantitative estimate of drug-likeness (QED) is 0.384. The molecular weight excluding hydrogens is 294 g/mol. The second-order valence-electron chi connectivity index (χ2n) is 5.03. The number of fused-ring (bicyclic) bond motifs is 1. The van der Waals surface area contributed by atoms with Crippen LogP contribution in [-0.2, 0) is 9.47 Å². The zero-order valence-corrected chi connectivity index (χ0v) is 12.7. The lowest BCUT2D eigenvalue weighted by atomic mass is 10.2. The number of imidazole rings is 1. The molecule has 0 aliphatic heterocycles. The standard InChI is InChI=1S/C17H17N3O3/c1-22-8-9-23-16(18)12-4-7-14-15(10-12)20-17(19-14)11-2-5-13(21)6-3-11/h2-7,10,18,21H,8-9H2,1H3,(H,19,20). The van der Waals surface area contributed by atoms with Crippen molar-refractivity contribution in [2.75, 3.05) is 20.3 Å². The summed E-state index contributed by atoms with van der Waals surface area (Å²) < 4.78 is 10.2. The number of rotatable bonds is 5.